The highest BCUT2D eigenvalue weighted by atomic mass is 79.9. The van der Waals surface area contributed by atoms with Gasteiger partial charge >= 0.3 is 0 Å². The number of rotatable bonds is 2. The summed E-state index contributed by atoms with van der Waals surface area (Å²) >= 11 is 5.22. The summed E-state index contributed by atoms with van der Waals surface area (Å²) in [5.74, 6) is 1.48. The van der Waals surface area contributed by atoms with Crippen LogP contribution in [0, 0.1) is 0 Å². The number of fused-ring (bicyclic) bond motifs is 1. The van der Waals surface area contributed by atoms with Gasteiger partial charge in [0.15, 0.2) is 5.17 Å². The number of halogens is 1. The van der Waals surface area contributed by atoms with E-state index in [0.717, 1.165) is 45.2 Å². The molecule has 1 aliphatic heterocycles. The third kappa shape index (κ3) is 2.65. The SMILES string of the molecule is Nc1nc2ccc(C(=CBr)c3ccccc3)cc2n1C1=NCCS1. The monoisotopic (exact) mass is 398 g/mol. The second kappa shape index (κ2) is 6.45. The van der Waals surface area contributed by atoms with Crippen LogP contribution in [-0.2, 0) is 0 Å². The lowest BCUT2D eigenvalue weighted by Gasteiger charge is -2.09. The van der Waals surface area contributed by atoms with Crippen LogP contribution in [-0.4, -0.2) is 27.0 Å². The predicted molar refractivity (Wildman–Crippen MR) is 107 cm³/mol. The quantitative estimate of drug-likeness (QED) is 0.697. The number of aliphatic imine (C=N–C) groups is 1. The van der Waals surface area contributed by atoms with Crippen molar-refractivity contribution in [1.82, 2.24) is 9.55 Å². The van der Waals surface area contributed by atoms with E-state index in [-0.39, 0.29) is 0 Å². The summed E-state index contributed by atoms with van der Waals surface area (Å²) in [7, 11) is 0. The topological polar surface area (TPSA) is 56.2 Å². The molecular weight excluding hydrogens is 384 g/mol. The summed E-state index contributed by atoms with van der Waals surface area (Å²) in [4.78, 5) is 11.0. The van der Waals surface area contributed by atoms with Crippen molar-refractivity contribution >= 4 is 55.4 Å². The molecule has 120 valence electrons. The van der Waals surface area contributed by atoms with Gasteiger partial charge in [-0.2, -0.15) is 0 Å². The van der Waals surface area contributed by atoms with E-state index in [1.807, 2.05) is 33.8 Å². The molecule has 3 aromatic rings. The number of imidazole rings is 1. The zero-order valence-corrected chi connectivity index (χ0v) is 15.2. The van der Waals surface area contributed by atoms with Crippen LogP contribution in [0.2, 0.25) is 0 Å². The zero-order chi connectivity index (χ0) is 16.5. The molecule has 2 N–H and O–H groups in total. The van der Waals surface area contributed by atoms with Gasteiger partial charge in [0, 0.05) is 5.75 Å². The van der Waals surface area contributed by atoms with Crippen LogP contribution in [0.4, 0.5) is 5.95 Å². The minimum atomic E-state index is 0.486. The minimum Gasteiger partial charge on any atom is -0.369 e. The maximum Gasteiger partial charge on any atom is 0.207 e. The maximum absolute atomic E-state index is 6.14. The fraction of sp³-hybridized carbons (Fsp3) is 0.111. The lowest BCUT2D eigenvalue weighted by Crippen LogP contribution is -2.09. The molecule has 0 fully saturated rings. The molecule has 0 unspecified atom stereocenters. The van der Waals surface area contributed by atoms with E-state index in [0.29, 0.717) is 5.95 Å². The largest absolute Gasteiger partial charge is 0.369 e. The average molecular weight is 399 g/mol. The molecule has 0 bridgehead atoms. The molecule has 0 radical (unpaired) electrons. The second-order valence-corrected chi connectivity index (χ2v) is 6.93. The lowest BCUT2D eigenvalue weighted by molar-refractivity contribution is 1.13. The van der Waals surface area contributed by atoms with Crippen LogP contribution in [0.15, 0.2) is 58.5 Å². The van der Waals surface area contributed by atoms with Crippen molar-refractivity contribution in [1.29, 1.82) is 0 Å². The Hall–Kier alpha value is -2.05. The number of anilines is 1. The average Bonchev–Trinajstić information content (AvgIpc) is 3.23. The van der Waals surface area contributed by atoms with E-state index in [1.165, 1.54) is 0 Å². The molecule has 0 spiro atoms. The van der Waals surface area contributed by atoms with Crippen molar-refractivity contribution in [2.75, 3.05) is 18.0 Å². The zero-order valence-electron chi connectivity index (χ0n) is 12.8. The Labute approximate surface area is 152 Å². The van der Waals surface area contributed by atoms with Crippen LogP contribution in [0.25, 0.3) is 16.6 Å². The van der Waals surface area contributed by atoms with Gasteiger partial charge in [0.05, 0.1) is 17.6 Å². The summed E-state index contributed by atoms with van der Waals surface area (Å²) in [5.41, 5.74) is 11.4. The highest BCUT2D eigenvalue weighted by molar-refractivity contribution is 9.11. The van der Waals surface area contributed by atoms with Crippen LogP contribution in [0.3, 0.4) is 0 Å². The van der Waals surface area contributed by atoms with E-state index in [9.17, 15) is 0 Å². The molecule has 0 amide bonds. The van der Waals surface area contributed by atoms with Crippen LogP contribution >= 0.6 is 27.7 Å². The van der Waals surface area contributed by atoms with Crippen molar-refractivity contribution in [2.45, 2.75) is 0 Å². The minimum absolute atomic E-state index is 0.486. The fourth-order valence-electron chi connectivity index (χ4n) is 2.83. The fourth-order valence-corrected chi connectivity index (χ4v) is 4.23. The molecule has 2 aromatic carbocycles. The molecule has 1 aromatic heterocycles. The third-order valence-corrected chi connectivity index (χ3v) is 5.36. The molecule has 0 saturated carbocycles. The lowest BCUT2D eigenvalue weighted by atomic mass is 9.99. The third-order valence-electron chi connectivity index (χ3n) is 3.95. The number of nitrogens with zero attached hydrogens (tertiary/aromatic N) is 3. The van der Waals surface area contributed by atoms with Gasteiger partial charge in [0.2, 0.25) is 5.95 Å². The first-order valence-corrected chi connectivity index (χ1v) is 9.50. The maximum atomic E-state index is 6.14. The Bertz CT molecular complexity index is 960. The molecule has 4 rings (SSSR count). The van der Waals surface area contributed by atoms with Crippen LogP contribution in [0.5, 0.6) is 0 Å². The molecule has 24 heavy (non-hydrogen) atoms. The van der Waals surface area contributed by atoms with E-state index < -0.39 is 0 Å². The molecule has 1 aliphatic rings. The van der Waals surface area contributed by atoms with Gasteiger partial charge in [-0.25, -0.2) is 4.98 Å². The van der Waals surface area contributed by atoms with Gasteiger partial charge < -0.3 is 5.73 Å². The highest BCUT2D eigenvalue weighted by Gasteiger charge is 2.17. The normalized spacial score (nSPS) is 15.0. The van der Waals surface area contributed by atoms with E-state index in [1.54, 1.807) is 11.8 Å². The number of nitrogens with two attached hydrogens (primary N) is 1. The number of nitrogen functional groups attached to an aromatic ring is 1. The molecule has 0 aliphatic carbocycles. The summed E-state index contributed by atoms with van der Waals surface area (Å²) in [5, 5.41) is 0.927. The van der Waals surface area contributed by atoms with Gasteiger partial charge in [-0.1, -0.05) is 64.1 Å². The van der Waals surface area contributed by atoms with E-state index in [2.05, 4.69) is 50.2 Å². The smallest absolute Gasteiger partial charge is 0.207 e. The first-order valence-electron chi connectivity index (χ1n) is 7.59. The van der Waals surface area contributed by atoms with Crippen LogP contribution < -0.4 is 5.73 Å². The Morgan fingerprint density at radius 1 is 1.17 bits per heavy atom. The Kier molecular flexibility index (Phi) is 4.16. The Balaban J connectivity index is 1.87. The first-order chi connectivity index (χ1) is 11.8. The second-order valence-electron chi connectivity index (χ2n) is 5.41. The Morgan fingerprint density at radius 3 is 2.71 bits per heavy atom. The summed E-state index contributed by atoms with van der Waals surface area (Å²) in [6, 6.07) is 16.5. The van der Waals surface area contributed by atoms with Gasteiger partial charge in [-0.05, 0) is 33.8 Å². The van der Waals surface area contributed by atoms with Crippen molar-refractivity contribution in [3.63, 3.8) is 0 Å². The molecule has 4 nitrogen and oxygen atoms in total. The predicted octanol–water partition coefficient (Wildman–Crippen LogP) is 4.35. The standard InChI is InChI=1S/C18H15BrN4S/c19-11-14(12-4-2-1-3-5-12)13-6-7-15-16(10-13)23(17(20)22-15)18-21-8-9-24-18/h1-7,10-11H,8-9H2,(H2,20,22). The van der Waals surface area contributed by atoms with Crippen molar-refractivity contribution in [3.8, 4) is 0 Å². The molecule has 0 atom stereocenters. The summed E-state index contributed by atoms with van der Waals surface area (Å²) in [6.45, 7) is 0.829. The summed E-state index contributed by atoms with van der Waals surface area (Å²) < 4.78 is 1.95. The number of benzene rings is 2. The first kappa shape index (κ1) is 15.5. The highest BCUT2D eigenvalue weighted by Crippen LogP contribution is 2.30. The van der Waals surface area contributed by atoms with Gasteiger partial charge in [-0.15, -0.1) is 0 Å². The van der Waals surface area contributed by atoms with Crippen molar-refractivity contribution < 1.29 is 0 Å². The van der Waals surface area contributed by atoms with E-state index in [4.69, 9.17) is 5.73 Å². The van der Waals surface area contributed by atoms with Crippen molar-refractivity contribution in [2.24, 2.45) is 4.99 Å². The van der Waals surface area contributed by atoms with Gasteiger partial charge in [0.1, 0.15) is 0 Å². The molecule has 6 heteroatoms. The van der Waals surface area contributed by atoms with Gasteiger partial charge in [0.25, 0.3) is 0 Å². The number of hydrogen-bond donors (Lipinski definition) is 1. The van der Waals surface area contributed by atoms with Crippen LogP contribution in [0.1, 0.15) is 11.1 Å². The van der Waals surface area contributed by atoms with Gasteiger partial charge in [-0.3, -0.25) is 9.56 Å². The molecule has 2 heterocycles. The number of aromatic nitrogens is 2. The van der Waals surface area contributed by atoms with E-state index >= 15 is 0 Å². The number of hydrogen-bond acceptors (Lipinski definition) is 4. The molecular formula is C18H15BrN4S. The molecule has 0 saturated heterocycles. The number of thioether (sulfide) groups is 1. The Morgan fingerprint density at radius 2 is 2.00 bits per heavy atom. The summed E-state index contributed by atoms with van der Waals surface area (Å²) in [6.07, 6.45) is 0. The van der Waals surface area contributed by atoms with Crippen molar-refractivity contribution in [3.05, 3.63) is 64.6 Å².